The van der Waals surface area contributed by atoms with Gasteiger partial charge in [-0.15, -0.1) is 0 Å². The van der Waals surface area contributed by atoms with Gasteiger partial charge in [0.1, 0.15) is 24.6 Å². The van der Waals surface area contributed by atoms with Crippen molar-refractivity contribution in [2.45, 2.75) is 18.4 Å². The molecule has 5 aromatic rings. The van der Waals surface area contributed by atoms with Crippen LogP contribution in [0.3, 0.4) is 0 Å². The summed E-state index contributed by atoms with van der Waals surface area (Å²) in [6.45, 7) is 1.11. The number of benzene rings is 4. The summed E-state index contributed by atoms with van der Waals surface area (Å²) in [5.41, 5.74) is 3.82. The smallest absolute Gasteiger partial charge is 0.296 e. The molecule has 0 atom stereocenters. The maximum absolute atomic E-state index is 13.9. The minimum Gasteiger partial charge on any atom is -0.489 e. The number of nitro groups is 1. The summed E-state index contributed by atoms with van der Waals surface area (Å²) in [7, 11) is -2.71. The maximum atomic E-state index is 13.9. The van der Waals surface area contributed by atoms with Crippen molar-refractivity contribution in [2.24, 2.45) is 12.1 Å². The van der Waals surface area contributed by atoms with E-state index in [9.17, 15) is 28.1 Å². The van der Waals surface area contributed by atoms with Crippen molar-refractivity contribution in [2.75, 3.05) is 10.8 Å². The third-order valence-corrected chi connectivity index (χ3v) is 8.99. The molecule has 0 aliphatic heterocycles. The number of hydrogen-bond acceptors (Lipinski definition) is 8. The number of non-ortho nitro benzene ring substituents is 1. The first-order valence-corrected chi connectivity index (χ1v) is 15.7. The van der Waals surface area contributed by atoms with Gasteiger partial charge in [-0.25, -0.2) is 22.8 Å². The second-order valence-electron chi connectivity index (χ2n) is 10.3. The van der Waals surface area contributed by atoms with Gasteiger partial charge in [-0.2, -0.15) is 5.10 Å². The average Bonchev–Trinajstić information content (AvgIpc) is 3.30. The number of hydrazone groups is 1. The number of carbonyl (C=O) groups excluding carboxylic acids is 1. The average molecular weight is 655 g/mol. The molecule has 5 rings (SSSR count). The molecule has 1 amide bonds. The molecule has 1 aromatic heterocycles. The number of nitrogens with one attached hydrogen (secondary N) is 1. The van der Waals surface area contributed by atoms with Crippen LogP contribution < -0.4 is 20.0 Å². The molecule has 0 unspecified atom stereocenters. The van der Waals surface area contributed by atoms with Gasteiger partial charge in [0, 0.05) is 19.2 Å². The number of ether oxygens (including phenoxy) is 1. The monoisotopic (exact) mass is 654 g/mol. The van der Waals surface area contributed by atoms with E-state index in [1.54, 1.807) is 98.9 Å². The lowest BCUT2D eigenvalue weighted by molar-refractivity contribution is -0.384. The number of nitro benzene ring substituents is 1. The zero-order valence-electron chi connectivity index (χ0n) is 25.4. The fourth-order valence-corrected chi connectivity index (χ4v) is 6.21. The molecule has 240 valence electrons. The van der Waals surface area contributed by atoms with Crippen LogP contribution in [0.2, 0.25) is 0 Å². The van der Waals surface area contributed by atoms with Crippen molar-refractivity contribution in [3.05, 3.63) is 146 Å². The predicted molar refractivity (Wildman–Crippen MR) is 176 cm³/mol. The van der Waals surface area contributed by atoms with Crippen LogP contribution in [-0.4, -0.2) is 41.4 Å². The zero-order chi connectivity index (χ0) is 33.6. The van der Waals surface area contributed by atoms with Crippen molar-refractivity contribution in [1.82, 2.24) is 14.8 Å². The first-order chi connectivity index (χ1) is 22.6. The van der Waals surface area contributed by atoms with Gasteiger partial charge in [-0.05, 0) is 78.7 Å². The maximum Gasteiger partial charge on any atom is 0.296 e. The van der Waals surface area contributed by atoms with Gasteiger partial charge in [0.15, 0.2) is 0 Å². The quantitative estimate of drug-likeness (QED) is 0.119. The highest BCUT2D eigenvalue weighted by Gasteiger charge is 2.33. The summed E-state index contributed by atoms with van der Waals surface area (Å²) < 4.78 is 37.1. The minimum absolute atomic E-state index is 0.00320. The first kappa shape index (κ1) is 32.4. The Bertz CT molecular complexity index is 2080. The molecule has 0 radical (unpaired) electrons. The SMILES string of the molecule is Cc1c(N(CC(=O)N/N=C\c2ccc(OCc3ccc([N+](=O)[O-])cc3)cc2)S(=O)(=O)c2ccccc2)c(=O)n(-c2ccccc2)n1C. The number of nitrogens with zero attached hydrogens (tertiary/aromatic N) is 5. The van der Waals surface area contributed by atoms with Gasteiger partial charge in [0.25, 0.3) is 27.2 Å². The van der Waals surface area contributed by atoms with Crippen LogP contribution >= 0.6 is 0 Å². The molecule has 0 aliphatic carbocycles. The number of rotatable bonds is 12. The molecule has 0 fully saturated rings. The van der Waals surface area contributed by atoms with Crippen LogP contribution in [0.4, 0.5) is 11.4 Å². The fourth-order valence-electron chi connectivity index (χ4n) is 4.72. The van der Waals surface area contributed by atoms with Crippen LogP contribution in [0.15, 0.2) is 124 Å². The minimum atomic E-state index is -4.34. The largest absolute Gasteiger partial charge is 0.489 e. The zero-order valence-corrected chi connectivity index (χ0v) is 26.2. The molecule has 0 aliphatic rings. The van der Waals surface area contributed by atoms with E-state index in [4.69, 9.17) is 4.74 Å². The third kappa shape index (κ3) is 7.28. The lowest BCUT2D eigenvalue weighted by Crippen LogP contribution is -2.42. The van der Waals surface area contributed by atoms with Crippen LogP contribution in [0.25, 0.3) is 5.69 Å². The number of anilines is 1. The van der Waals surface area contributed by atoms with Crippen molar-refractivity contribution in [1.29, 1.82) is 0 Å². The summed E-state index contributed by atoms with van der Waals surface area (Å²) >= 11 is 0. The van der Waals surface area contributed by atoms with Gasteiger partial charge < -0.3 is 4.74 Å². The van der Waals surface area contributed by atoms with Crippen molar-refractivity contribution in [3.8, 4) is 11.4 Å². The Hall–Kier alpha value is -6.02. The normalized spacial score (nSPS) is 11.4. The van der Waals surface area contributed by atoms with Gasteiger partial charge in [-0.3, -0.25) is 24.4 Å². The topological polar surface area (TPSA) is 158 Å². The molecule has 0 bridgehead atoms. The van der Waals surface area contributed by atoms with E-state index in [1.807, 2.05) is 0 Å². The van der Waals surface area contributed by atoms with Gasteiger partial charge in [0.05, 0.1) is 27.4 Å². The number of carbonyl (C=O) groups is 1. The standard InChI is InChI=1S/C33H30N6O7S/c1-24-32(33(41)38(36(24)2)27-9-5-3-6-10-27)37(47(44,45)30-11-7-4-8-12-30)22-31(40)35-34-21-25-15-19-29(20-16-25)46-23-26-13-17-28(18-14-26)39(42)43/h3-21H,22-23H2,1-2H3,(H,35,40)/b34-21-. The fraction of sp³-hybridized carbons (Fsp3) is 0.121. The number of aromatic nitrogens is 2. The van der Waals surface area contributed by atoms with Gasteiger partial charge in [-0.1, -0.05) is 36.4 Å². The van der Waals surface area contributed by atoms with Crippen molar-refractivity contribution >= 4 is 33.5 Å². The first-order valence-electron chi connectivity index (χ1n) is 14.3. The predicted octanol–water partition coefficient (Wildman–Crippen LogP) is 4.32. The lowest BCUT2D eigenvalue weighted by Gasteiger charge is -2.22. The van der Waals surface area contributed by atoms with E-state index < -0.39 is 33.0 Å². The van der Waals surface area contributed by atoms with E-state index in [1.165, 1.54) is 39.8 Å². The summed E-state index contributed by atoms with van der Waals surface area (Å²) in [5, 5.41) is 14.8. The van der Waals surface area contributed by atoms with Crippen LogP contribution in [0.5, 0.6) is 5.75 Å². The molecule has 0 saturated carbocycles. The van der Waals surface area contributed by atoms with Crippen molar-refractivity contribution < 1.29 is 22.9 Å². The highest BCUT2D eigenvalue weighted by Crippen LogP contribution is 2.25. The summed E-state index contributed by atoms with van der Waals surface area (Å²) in [6.07, 6.45) is 1.38. The van der Waals surface area contributed by atoms with Gasteiger partial charge in [0.2, 0.25) is 0 Å². The molecular formula is C33H30N6O7S. The lowest BCUT2D eigenvalue weighted by atomic mass is 10.2. The van der Waals surface area contributed by atoms with Crippen LogP contribution in [0, 0.1) is 17.0 Å². The number of hydrogen-bond donors (Lipinski definition) is 1. The van der Waals surface area contributed by atoms with E-state index in [0.29, 0.717) is 22.7 Å². The van der Waals surface area contributed by atoms with E-state index >= 15 is 0 Å². The summed E-state index contributed by atoms with van der Waals surface area (Å²) in [6, 6.07) is 29.2. The molecule has 47 heavy (non-hydrogen) atoms. The molecule has 1 heterocycles. The Morgan fingerprint density at radius 2 is 1.57 bits per heavy atom. The Morgan fingerprint density at radius 3 is 2.19 bits per heavy atom. The molecule has 14 heteroatoms. The molecule has 4 aromatic carbocycles. The molecule has 0 saturated heterocycles. The Kier molecular flexibility index (Phi) is 9.61. The highest BCUT2D eigenvalue weighted by molar-refractivity contribution is 7.92. The van der Waals surface area contributed by atoms with E-state index in [0.717, 1.165) is 9.87 Å². The Balaban J connectivity index is 1.31. The summed E-state index contributed by atoms with van der Waals surface area (Å²) in [5.74, 6) is -0.219. The molecule has 1 N–H and O–H groups in total. The van der Waals surface area contributed by atoms with Crippen LogP contribution in [0.1, 0.15) is 16.8 Å². The molecule has 13 nitrogen and oxygen atoms in total. The molecular weight excluding hydrogens is 624 g/mol. The summed E-state index contributed by atoms with van der Waals surface area (Å²) in [4.78, 5) is 37.1. The molecule has 0 spiro atoms. The highest BCUT2D eigenvalue weighted by atomic mass is 32.2. The Labute approximate surface area is 270 Å². The van der Waals surface area contributed by atoms with Crippen molar-refractivity contribution in [3.63, 3.8) is 0 Å². The van der Waals surface area contributed by atoms with E-state index in [-0.39, 0.29) is 22.9 Å². The number of para-hydroxylation sites is 1. The van der Waals surface area contributed by atoms with Gasteiger partial charge >= 0.3 is 0 Å². The number of sulfonamides is 1. The second kappa shape index (κ2) is 14.0. The van der Waals surface area contributed by atoms with E-state index in [2.05, 4.69) is 10.5 Å². The second-order valence-corrected chi connectivity index (χ2v) is 12.2. The number of amides is 1. The third-order valence-electron chi connectivity index (χ3n) is 7.23. The Morgan fingerprint density at radius 1 is 0.957 bits per heavy atom. The van der Waals surface area contributed by atoms with Crippen LogP contribution in [-0.2, 0) is 28.5 Å².